The van der Waals surface area contributed by atoms with Gasteiger partial charge in [-0.2, -0.15) is 13.2 Å². The minimum Gasteiger partial charge on any atom is -0.352 e. The molecule has 1 aliphatic carbocycles. The number of amides is 1. The summed E-state index contributed by atoms with van der Waals surface area (Å²) < 4.78 is 64.5. The Morgan fingerprint density at radius 3 is 2.76 bits per heavy atom. The molecule has 1 aromatic rings. The second-order valence-electron chi connectivity index (χ2n) is 6.79. The van der Waals surface area contributed by atoms with Crippen LogP contribution < -0.4 is 5.32 Å². The van der Waals surface area contributed by atoms with Gasteiger partial charge in [-0.25, -0.2) is 8.78 Å². The van der Waals surface area contributed by atoms with E-state index in [4.69, 9.17) is 0 Å². The van der Waals surface area contributed by atoms with E-state index in [2.05, 4.69) is 5.32 Å². The molecule has 138 valence electrons. The van der Waals surface area contributed by atoms with E-state index in [0.29, 0.717) is 25.8 Å². The molecule has 1 amide bonds. The van der Waals surface area contributed by atoms with Crippen molar-refractivity contribution in [3.63, 3.8) is 0 Å². The summed E-state index contributed by atoms with van der Waals surface area (Å²) in [6.45, 7) is -0.483. The van der Waals surface area contributed by atoms with Crippen molar-refractivity contribution in [2.24, 2.45) is 5.92 Å². The molecule has 1 saturated heterocycles. The Morgan fingerprint density at radius 1 is 1.28 bits per heavy atom. The fraction of sp³-hybridized carbons (Fsp3) is 0.588. The highest BCUT2D eigenvalue weighted by atomic mass is 19.4. The maximum Gasteiger partial charge on any atom is 0.401 e. The van der Waals surface area contributed by atoms with E-state index >= 15 is 0 Å². The third-order valence-electron chi connectivity index (χ3n) is 4.76. The Labute approximate surface area is 142 Å². The first kappa shape index (κ1) is 18.1. The molecule has 3 nitrogen and oxygen atoms in total. The number of alkyl halides is 3. The van der Waals surface area contributed by atoms with Gasteiger partial charge in [-0.15, -0.1) is 0 Å². The first-order valence-corrected chi connectivity index (χ1v) is 8.28. The van der Waals surface area contributed by atoms with Gasteiger partial charge in [0.25, 0.3) is 0 Å². The molecule has 1 heterocycles. The highest BCUT2D eigenvalue weighted by Gasteiger charge is 2.46. The average Bonchev–Trinajstić information content (AvgIpc) is 3.29. The maximum absolute atomic E-state index is 13.8. The van der Waals surface area contributed by atoms with E-state index in [1.165, 1.54) is 17.0 Å². The summed E-state index contributed by atoms with van der Waals surface area (Å²) in [5, 5.41) is 2.77. The molecule has 3 atom stereocenters. The summed E-state index contributed by atoms with van der Waals surface area (Å²) >= 11 is 0. The van der Waals surface area contributed by atoms with E-state index in [-0.39, 0.29) is 30.0 Å². The first-order valence-electron chi connectivity index (χ1n) is 8.28. The fourth-order valence-electron chi connectivity index (χ4n) is 3.51. The van der Waals surface area contributed by atoms with Crippen molar-refractivity contribution < 1.29 is 26.7 Å². The molecule has 0 radical (unpaired) electrons. The zero-order valence-corrected chi connectivity index (χ0v) is 13.5. The second kappa shape index (κ2) is 6.90. The molecule has 3 rings (SSSR count). The quantitative estimate of drug-likeness (QED) is 0.835. The van der Waals surface area contributed by atoms with Gasteiger partial charge in [0, 0.05) is 18.5 Å². The lowest BCUT2D eigenvalue weighted by molar-refractivity contribution is -0.148. The number of benzene rings is 1. The molecule has 0 aromatic heterocycles. The average molecular weight is 362 g/mol. The summed E-state index contributed by atoms with van der Waals surface area (Å²) in [5.41, 5.74) is 0.183. The molecule has 25 heavy (non-hydrogen) atoms. The zero-order chi connectivity index (χ0) is 18.2. The maximum atomic E-state index is 13.8. The van der Waals surface area contributed by atoms with Gasteiger partial charge in [-0.1, -0.05) is 12.1 Å². The van der Waals surface area contributed by atoms with Crippen LogP contribution in [0.1, 0.15) is 30.7 Å². The summed E-state index contributed by atoms with van der Waals surface area (Å²) in [5.74, 6) is -3.00. The van der Waals surface area contributed by atoms with Crippen molar-refractivity contribution in [3.05, 3.63) is 35.4 Å². The van der Waals surface area contributed by atoms with Crippen LogP contribution in [0.2, 0.25) is 0 Å². The fourth-order valence-corrected chi connectivity index (χ4v) is 3.51. The lowest BCUT2D eigenvalue weighted by atomic mass is 10.0. The number of hydrogen-bond donors (Lipinski definition) is 1. The van der Waals surface area contributed by atoms with Crippen LogP contribution in [0.5, 0.6) is 0 Å². The molecule has 8 heteroatoms. The number of hydrogen-bond acceptors (Lipinski definition) is 2. The Morgan fingerprint density at radius 2 is 2.04 bits per heavy atom. The van der Waals surface area contributed by atoms with E-state index < -0.39 is 30.3 Å². The van der Waals surface area contributed by atoms with Crippen LogP contribution in [0.3, 0.4) is 0 Å². The third-order valence-corrected chi connectivity index (χ3v) is 4.76. The number of carbonyl (C=O) groups is 1. The van der Waals surface area contributed by atoms with Crippen LogP contribution in [0.15, 0.2) is 18.2 Å². The number of piperidine rings is 1. The smallest absolute Gasteiger partial charge is 0.352 e. The van der Waals surface area contributed by atoms with E-state index in [9.17, 15) is 26.7 Å². The van der Waals surface area contributed by atoms with Crippen LogP contribution in [-0.4, -0.2) is 42.7 Å². The molecule has 0 spiro atoms. The molecule has 0 bridgehead atoms. The van der Waals surface area contributed by atoms with E-state index in [1.54, 1.807) is 0 Å². The van der Waals surface area contributed by atoms with Crippen LogP contribution >= 0.6 is 0 Å². The molecule has 1 aromatic carbocycles. The van der Waals surface area contributed by atoms with Crippen LogP contribution in [0, 0.1) is 17.6 Å². The van der Waals surface area contributed by atoms with Crippen LogP contribution in [0.4, 0.5) is 22.0 Å². The second-order valence-corrected chi connectivity index (χ2v) is 6.79. The van der Waals surface area contributed by atoms with Crippen molar-refractivity contribution >= 4 is 5.91 Å². The van der Waals surface area contributed by atoms with Gasteiger partial charge in [0.2, 0.25) is 5.91 Å². The lowest BCUT2D eigenvalue weighted by Crippen LogP contribution is -2.50. The Kier molecular flexibility index (Phi) is 4.99. The molecule has 2 aliphatic rings. The lowest BCUT2D eigenvalue weighted by Gasteiger charge is -2.33. The predicted molar refractivity (Wildman–Crippen MR) is 80.9 cm³/mol. The number of likely N-dealkylation sites (tertiary alicyclic amines) is 1. The van der Waals surface area contributed by atoms with Crippen molar-refractivity contribution in [2.75, 3.05) is 19.6 Å². The summed E-state index contributed by atoms with van der Waals surface area (Å²) in [6.07, 6.45) is -2.65. The van der Waals surface area contributed by atoms with Crippen molar-refractivity contribution in [1.29, 1.82) is 0 Å². The minimum absolute atomic E-state index is 0.150. The largest absolute Gasteiger partial charge is 0.401 e. The van der Waals surface area contributed by atoms with Gasteiger partial charge in [0.15, 0.2) is 11.6 Å². The monoisotopic (exact) mass is 362 g/mol. The minimum atomic E-state index is -4.26. The Bertz CT molecular complexity index is 648. The zero-order valence-electron chi connectivity index (χ0n) is 13.5. The standard InChI is InChI=1S/C17H19F5N2O/c18-14-5-1-4-11(15(14)19)12-7-13(12)16(25)23-10-3-2-6-24(8-10)9-17(20,21)22/h1,4-5,10,12-13H,2-3,6-9H2,(H,23,25)/t10-,12-,13-/m1/s1. The molecule has 1 N–H and O–H groups in total. The summed E-state index contributed by atoms with van der Waals surface area (Å²) in [4.78, 5) is 13.6. The highest BCUT2D eigenvalue weighted by Crippen LogP contribution is 2.48. The third kappa shape index (κ3) is 4.48. The SMILES string of the molecule is O=C(N[C@@H]1CCCN(CC(F)(F)F)C1)[C@@H]1C[C@@H]1c1cccc(F)c1F. The van der Waals surface area contributed by atoms with Gasteiger partial charge in [0.05, 0.1) is 6.54 Å². The highest BCUT2D eigenvalue weighted by molar-refractivity contribution is 5.83. The van der Waals surface area contributed by atoms with Gasteiger partial charge in [0.1, 0.15) is 0 Å². The number of halogens is 5. The van der Waals surface area contributed by atoms with E-state index in [0.717, 1.165) is 6.07 Å². The molecule has 1 saturated carbocycles. The van der Waals surface area contributed by atoms with Crippen molar-refractivity contribution in [3.8, 4) is 0 Å². The van der Waals surface area contributed by atoms with Crippen molar-refractivity contribution in [1.82, 2.24) is 10.2 Å². The van der Waals surface area contributed by atoms with Crippen LogP contribution in [0.25, 0.3) is 0 Å². The summed E-state index contributed by atoms with van der Waals surface area (Å²) in [7, 11) is 0. The van der Waals surface area contributed by atoms with Gasteiger partial charge in [-0.3, -0.25) is 9.69 Å². The normalized spacial score (nSPS) is 27.2. The van der Waals surface area contributed by atoms with E-state index in [1.807, 2.05) is 0 Å². The van der Waals surface area contributed by atoms with Gasteiger partial charge in [-0.05, 0) is 43.4 Å². The molecule has 2 fully saturated rings. The molecular weight excluding hydrogens is 343 g/mol. The summed E-state index contributed by atoms with van der Waals surface area (Å²) in [6, 6.07) is 3.54. The topological polar surface area (TPSA) is 32.3 Å². The Balaban J connectivity index is 1.54. The first-order chi connectivity index (χ1) is 11.7. The number of nitrogens with one attached hydrogen (secondary N) is 1. The Hall–Kier alpha value is -1.70. The van der Waals surface area contributed by atoms with Gasteiger partial charge >= 0.3 is 6.18 Å². The molecule has 1 aliphatic heterocycles. The van der Waals surface area contributed by atoms with Crippen molar-refractivity contribution in [2.45, 2.75) is 37.4 Å². The van der Waals surface area contributed by atoms with Crippen LogP contribution in [-0.2, 0) is 4.79 Å². The molecule has 0 unspecified atom stereocenters. The molecular formula is C17H19F5N2O. The predicted octanol–water partition coefficient (Wildman–Crippen LogP) is 3.21. The number of nitrogens with zero attached hydrogens (tertiary/aromatic N) is 1. The number of carbonyl (C=O) groups excluding carboxylic acids is 1. The van der Waals surface area contributed by atoms with Gasteiger partial charge < -0.3 is 5.32 Å². The number of rotatable bonds is 4.